The highest BCUT2D eigenvalue weighted by molar-refractivity contribution is 5.77. The number of fused-ring (bicyclic) bond motifs is 1. The van der Waals surface area contributed by atoms with Crippen molar-refractivity contribution in [1.82, 2.24) is 15.5 Å². The maximum absolute atomic E-state index is 12.3. The second-order valence-electron chi connectivity index (χ2n) is 6.20. The van der Waals surface area contributed by atoms with Crippen molar-refractivity contribution in [2.24, 2.45) is 5.92 Å². The molecule has 0 radical (unpaired) electrons. The summed E-state index contributed by atoms with van der Waals surface area (Å²) in [6, 6.07) is 9.53. The zero-order valence-corrected chi connectivity index (χ0v) is 13.3. The van der Waals surface area contributed by atoms with E-state index in [4.69, 9.17) is 4.74 Å². The number of hydrogen-bond acceptors (Lipinski definition) is 4. The quantitative estimate of drug-likeness (QED) is 0.820. The smallest absolute Gasteiger partial charge is 0.323 e. The van der Waals surface area contributed by atoms with Gasteiger partial charge in [-0.2, -0.15) is 0 Å². The minimum absolute atomic E-state index is 0.0552. The van der Waals surface area contributed by atoms with E-state index < -0.39 is 0 Å². The zero-order valence-electron chi connectivity index (χ0n) is 13.3. The molecule has 1 aromatic carbocycles. The lowest BCUT2D eigenvalue weighted by molar-refractivity contribution is -0.147. The predicted octanol–water partition coefficient (Wildman–Crippen LogP) is 1.12. The van der Waals surface area contributed by atoms with Crippen LogP contribution < -0.4 is 10.6 Å². The number of nitrogens with zero attached hydrogens (tertiary/aromatic N) is 1. The van der Waals surface area contributed by atoms with Crippen LogP contribution in [0.4, 0.5) is 4.79 Å². The molecular formula is C17H23N3O3. The van der Waals surface area contributed by atoms with Gasteiger partial charge < -0.3 is 15.0 Å². The van der Waals surface area contributed by atoms with Gasteiger partial charge >= 0.3 is 12.0 Å². The monoisotopic (exact) mass is 317 g/mol. The van der Waals surface area contributed by atoms with Crippen molar-refractivity contribution < 1.29 is 14.3 Å². The van der Waals surface area contributed by atoms with Crippen LogP contribution in [-0.4, -0.2) is 49.1 Å². The van der Waals surface area contributed by atoms with E-state index in [1.165, 1.54) is 0 Å². The topological polar surface area (TPSA) is 70.7 Å². The van der Waals surface area contributed by atoms with Crippen LogP contribution in [0.5, 0.6) is 0 Å². The molecule has 2 fully saturated rings. The van der Waals surface area contributed by atoms with Crippen LogP contribution in [0.2, 0.25) is 0 Å². The molecule has 0 bridgehead atoms. The van der Waals surface area contributed by atoms with Gasteiger partial charge in [0.15, 0.2) is 0 Å². The SMILES string of the molecule is CNC(=O)N1CCC2CC(C(=O)OCc3ccccc3)NC2C1. The first-order valence-electron chi connectivity index (χ1n) is 8.10. The van der Waals surface area contributed by atoms with Gasteiger partial charge in [-0.05, 0) is 24.3 Å². The maximum atomic E-state index is 12.3. The number of likely N-dealkylation sites (tertiary alicyclic amines) is 1. The van der Waals surface area contributed by atoms with Gasteiger partial charge in [0.05, 0.1) is 0 Å². The van der Waals surface area contributed by atoms with E-state index in [2.05, 4.69) is 10.6 Å². The molecule has 3 rings (SSSR count). The summed E-state index contributed by atoms with van der Waals surface area (Å²) in [6.45, 7) is 1.69. The average molecular weight is 317 g/mol. The Bertz CT molecular complexity index is 563. The van der Waals surface area contributed by atoms with Crippen LogP contribution in [0, 0.1) is 5.92 Å². The summed E-state index contributed by atoms with van der Waals surface area (Å²) in [6.07, 6.45) is 1.72. The molecule has 0 saturated carbocycles. The predicted molar refractivity (Wildman–Crippen MR) is 85.7 cm³/mol. The molecular weight excluding hydrogens is 294 g/mol. The number of benzene rings is 1. The van der Waals surface area contributed by atoms with Crippen molar-refractivity contribution in [3.63, 3.8) is 0 Å². The number of nitrogens with one attached hydrogen (secondary N) is 2. The Balaban J connectivity index is 1.51. The van der Waals surface area contributed by atoms with Gasteiger partial charge in [-0.15, -0.1) is 0 Å². The largest absolute Gasteiger partial charge is 0.460 e. The first-order valence-corrected chi connectivity index (χ1v) is 8.10. The number of piperidine rings is 1. The summed E-state index contributed by atoms with van der Waals surface area (Å²) in [4.78, 5) is 25.8. The number of amides is 2. The molecule has 2 amide bonds. The molecule has 1 aromatic rings. The second-order valence-corrected chi connectivity index (χ2v) is 6.20. The van der Waals surface area contributed by atoms with Gasteiger partial charge in [-0.25, -0.2) is 4.79 Å². The molecule has 6 nitrogen and oxygen atoms in total. The van der Waals surface area contributed by atoms with E-state index in [1.54, 1.807) is 11.9 Å². The van der Waals surface area contributed by atoms with Gasteiger partial charge in [0.1, 0.15) is 12.6 Å². The van der Waals surface area contributed by atoms with E-state index in [0.29, 0.717) is 19.1 Å². The Morgan fingerprint density at radius 3 is 2.87 bits per heavy atom. The molecule has 6 heteroatoms. The van der Waals surface area contributed by atoms with Crippen LogP contribution in [0.25, 0.3) is 0 Å². The Kier molecular flexibility index (Phi) is 4.81. The maximum Gasteiger partial charge on any atom is 0.323 e. The number of ether oxygens (including phenoxy) is 1. The fraction of sp³-hybridized carbons (Fsp3) is 0.529. The third-order valence-corrected chi connectivity index (χ3v) is 4.72. The summed E-state index contributed by atoms with van der Waals surface area (Å²) in [5, 5.41) is 6.00. The van der Waals surface area contributed by atoms with Crippen LogP contribution in [0.1, 0.15) is 18.4 Å². The highest BCUT2D eigenvalue weighted by Gasteiger charge is 2.41. The molecule has 0 aromatic heterocycles. The average Bonchev–Trinajstić information content (AvgIpc) is 3.03. The lowest BCUT2D eigenvalue weighted by Gasteiger charge is -2.34. The van der Waals surface area contributed by atoms with E-state index in [0.717, 1.165) is 24.9 Å². The minimum Gasteiger partial charge on any atom is -0.460 e. The molecule has 0 aliphatic carbocycles. The molecule has 2 saturated heterocycles. The van der Waals surface area contributed by atoms with Crippen molar-refractivity contribution in [1.29, 1.82) is 0 Å². The van der Waals surface area contributed by atoms with Gasteiger partial charge in [0.25, 0.3) is 0 Å². The van der Waals surface area contributed by atoms with Gasteiger partial charge in [-0.3, -0.25) is 10.1 Å². The minimum atomic E-state index is -0.265. The summed E-state index contributed by atoms with van der Waals surface area (Å²) < 4.78 is 5.42. The van der Waals surface area contributed by atoms with E-state index in [1.807, 2.05) is 30.3 Å². The Morgan fingerprint density at radius 1 is 1.35 bits per heavy atom. The van der Waals surface area contributed by atoms with Crippen molar-refractivity contribution >= 4 is 12.0 Å². The van der Waals surface area contributed by atoms with Gasteiger partial charge in [0.2, 0.25) is 0 Å². The molecule has 3 unspecified atom stereocenters. The van der Waals surface area contributed by atoms with Crippen LogP contribution in [0.15, 0.2) is 30.3 Å². The molecule has 0 spiro atoms. The first-order chi connectivity index (χ1) is 11.2. The fourth-order valence-corrected chi connectivity index (χ4v) is 3.44. The van der Waals surface area contributed by atoms with Crippen LogP contribution in [-0.2, 0) is 16.1 Å². The number of carbonyl (C=O) groups excluding carboxylic acids is 2. The van der Waals surface area contributed by atoms with E-state index >= 15 is 0 Å². The molecule has 2 heterocycles. The molecule has 2 aliphatic rings. The highest BCUT2D eigenvalue weighted by atomic mass is 16.5. The van der Waals surface area contributed by atoms with Crippen molar-refractivity contribution in [3.05, 3.63) is 35.9 Å². The van der Waals surface area contributed by atoms with Crippen molar-refractivity contribution in [2.45, 2.75) is 31.5 Å². The Morgan fingerprint density at radius 2 is 2.13 bits per heavy atom. The zero-order chi connectivity index (χ0) is 16.2. The lowest BCUT2D eigenvalue weighted by atomic mass is 9.91. The van der Waals surface area contributed by atoms with E-state index in [9.17, 15) is 9.59 Å². The Labute approximate surface area is 136 Å². The first kappa shape index (κ1) is 15.8. The van der Waals surface area contributed by atoms with Crippen LogP contribution >= 0.6 is 0 Å². The van der Waals surface area contributed by atoms with Crippen molar-refractivity contribution in [3.8, 4) is 0 Å². The third-order valence-electron chi connectivity index (χ3n) is 4.72. The molecule has 23 heavy (non-hydrogen) atoms. The van der Waals surface area contributed by atoms with Crippen LogP contribution in [0.3, 0.4) is 0 Å². The van der Waals surface area contributed by atoms with Gasteiger partial charge in [-0.1, -0.05) is 30.3 Å². The van der Waals surface area contributed by atoms with E-state index in [-0.39, 0.29) is 24.1 Å². The number of rotatable bonds is 3. The summed E-state index contributed by atoms with van der Waals surface area (Å²) >= 11 is 0. The molecule has 2 N–H and O–H groups in total. The number of carbonyl (C=O) groups is 2. The number of urea groups is 1. The fourth-order valence-electron chi connectivity index (χ4n) is 3.44. The molecule has 2 aliphatic heterocycles. The molecule has 3 atom stereocenters. The van der Waals surface area contributed by atoms with Crippen molar-refractivity contribution in [2.75, 3.05) is 20.1 Å². The van der Waals surface area contributed by atoms with Gasteiger partial charge in [0, 0.05) is 26.2 Å². The lowest BCUT2D eigenvalue weighted by Crippen LogP contribution is -2.52. The highest BCUT2D eigenvalue weighted by Crippen LogP contribution is 2.29. The molecule has 124 valence electrons. The number of esters is 1. The Hall–Kier alpha value is -2.08. The summed E-state index contributed by atoms with van der Waals surface area (Å²) in [5.41, 5.74) is 0.988. The summed E-state index contributed by atoms with van der Waals surface area (Å²) in [5.74, 6) is 0.236. The second kappa shape index (κ2) is 7.00. The standard InChI is InChI=1S/C17H23N3O3/c1-18-17(22)20-8-7-13-9-14(19-15(13)10-20)16(21)23-11-12-5-3-2-4-6-12/h2-6,13-15,19H,7-11H2,1H3,(H,18,22). The number of hydrogen-bond donors (Lipinski definition) is 2. The third kappa shape index (κ3) is 3.64. The normalized spacial score (nSPS) is 26.5. The summed E-state index contributed by atoms with van der Waals surface area (Å²) in [7, 11) is 1.64.